The van der Waals surface area contributed by atoms with Gasteiger partial charge >= 0.3 is 6.18 Å². The first-order chi connectivity index (χ1) is 15.8. The molecule has 179 valence electrons. The number of carbonyl (C=O) groups is 1. The smallest absolute Gasteiger partial charge is 0.391 e. The number of anilines is 1. The molecule has 1 saturated carbocycles. The second kappa shape index (κ2) is 11.6. The molecule has 2 aromatic carbocycles. The second-order valence-corrected chi connectivity index (χ2v) is 8.42. The van der Waals surface area contributed by atoms with E-state index in [1.807, 2.05) is 6.07 Å². The molecular weight excluding hydrogens is 457 g/mol. The van der Waals surface area contributed by atoms with Gasteiger partial charge in [-0.05, 0) is 61.6 Å². The highest BCUT2D eigenvalue weighted by molar-refractivity contribution is 6.30. The van der Waals surface area contributed by atoms with E-state index in [2.05, 4.69) is 16.7 Å². The van der Waals surface area contributed by atoms with Crippen molar-refractivity contribution in [3.63, 3.8) is 0 Å². The number of amides is 1. The summed E-state index contributed by atoms with van der Waals surface area (Å²) in [4.78, 5) is 13.0. The monoisotopic (exact) mass is 483 g/mol. The van der Waals surface area contributed by atoms with Gasteiger partial charge in [0.25, 0.3) is 5.91 Å². The Morgan fingerprint density at radius 2 is 1.91 bits per heavy atom. The molecule has 1 aliphatic carbocycles. The van der Waals surface area contributed by atoms with E-state index in [-0.39, 0.29) is 31.4 Å². The molecule has 0 spiro atoms. The minimum Gasteiger partial charge on any atom is -0.490 e. The Labute approximate surface area is 196 Å². The average Bonchev–Trinajstić information content (AvgIpc) is 2.79. The van der Waals surface area contributed by atoms with Crippen LogP contribution in [0.1, 0.15) is 41.6 Å². The van der Waals surface area contributed by atoms with E-state index in [1.165, 1.54) is 0 Å². The number of methoxy groups -OCH3 is 1. The number of halogens is 4. The molecule has 0 bridgehead atoms. The molecule has 33 heavy (non-hydrogen) atoms. The van der Waals surface area contributed by atoms with Crippen molar-refractivity contribution in [2.24, 2.45) is 5.92 Å². The van der Waals surface area contributed by atoms with Crippen LogP contribution >= 0.6 is 11.6 Å². The molecular formula is C24H27ClF3N2O3. The fourth-order valence-corrected chi connectivity index (χ4v) is 3.88. The van der Waals surface area contributed by atoms with Gasteiger partial charge in [0.1, 0.15) is 12.4 Å². The van der Waals surface area contributed by atoms with E-state index in [0.717, 1.165) is 5.56 Å². The standard InChI is InChI=1S/C24H27ClF3N2O3/c1-32-12-13-33-22-11-10-20(29-15-16-2-6-18(25)7-3-16)14-21(22)23(31)30-19-8-4-17(5-9-19)24(26,27)28/h2-3,6,10-11,14,17,19,29H,4-5,8-9,12-13,15H2,1H3,(H,30,31)/t17-,19-. The molecule has 5 nitrogen and oxygen atoms in total. The van der Waals surface area contributed by atoms with Gasteiger partial charge in [-0.2, -0.15) is 13.2 Å². The van der Waals surface area contributed by atoms with Gasteiger partial charge in [0.15, 0.2) is 0 Å². The molecule has 0 unspecified atom stereocenters. The van der Waals surface area contributed by atoms with Crippen LogP contribution in [-0.2, 0) is 11.3 Å². The summed E-state index contributed by atoms with van der Waals surface area (Å²) in [6.07, 6.45) is -3.56. The average molecular weight is 484 g/mol. The van der Waals surface area contributed by atoms with Crippen molar-refractivity contribution < 1.29 is 27.4 Å². The first-order valence-electron chi connectivity index (χ1n) is 10.8. The van der Waals surface area contributed by atoms with Crippen LogP contribution in [0.3, 0.4) is 0 Å². The van der Waals surface area contributed by atoms with E-state index >= 15 is 0 Å². The second-order valence-electron chi connectivity index (χ2n) is 8.01. The van der Waals surface area contributed by atoms with E-state index in [9.17, 15) is 18.0 Å². The first kappa shape index (κ1) is 25.2. The van der Waals surface area contributed by atoms with Crippen molar-refractivity contribution in [2.45, 2.75) is 44.4 Å². The maximum atomic E-state index is 13.0. The van der Waals surface area contributed by atoms with E-state index in [4.69, 9.17) is 21.1 Å². The Morgan fingerprint density at radius 1 is 1.15 bits per heavy atom. The summed E-state index contributed by atoms with van der Waals surface area (Å²) in [5.74, 6) is -1.28. The minimum atomic E-state index is -4.18. The maximum absolute atomic E-state index is 13.0. The van der Waals surface area contributed by atoms with Crippen LogP contribution in [0.4, 0.5) is 18.9 Å². The van der Waals surface area contributed by atoms with Crippen LogP contribution in [0.15, 0.2) is 36.4 Å². The summed E-state index contributed by atoms with van der Waals surface area (Å²) in [5.41, 5.74) is 1.99. The Balaban J connectivity index is 1.67. The van der Waals surface area contributed by atoms with E-state index in [0.29, 0.717) is 48.0 Å². The Bertz CT molecular complexity index is 914. The zero-order chi connectivity index (χ0) is 23.8. The van der Waals surface area contributed by atoms with Gasteiger partial charge in [0.05, 0.1) is 18.1 Å². The maximum Gasteiger partial charge on any atom is 0.391 e. The molecule has 9 heteroatoms. The van der Waals surface area contributed by atoms with Crippen molar-refractivity contribution in [1.82, 2.24) is 5.32 Å². The van der Waals surface area contributed by atoms with Gasteiger partial charge in [0, 0.05) is 36.5 Å². The van der Waals surface area contributed by atoms with Crippen LogP contribution in [0, 0.1) is 12.0 Å². The summed E-state index contributed by atoms with van der Waals surface area (Å²) in [5, 5.41) is 6.66. The molecule has 0 saturated heterocycles. The van der Waals surface area contributed by atoms with Gasteiger partial charge in [-0.15, -0.1) is 0 Å². The number of hydrogen-bond acceptors (Lipinski definition) is 4. The third-order valence-corrected chi connectivity index (χ3v) is 5.87. The highest BCUT2D eigenvalue weighted by Gasteiger charge is 2.41. The topological polar surface area (TPSA) is 59.6 Å². The van der Waals surface area contributed by atoms with Gasteiger partial charge in [-0.25, -0.2) is 0 Å². The number of carbonyl (C=O) groups excluding carboxylic acids is 1. The zero-order valence-corrected chi connectivity index (χ0v) is 19.1. The zero-order valence-electron chi connectivity index (χ0n) is 18.3. The van der Waals surface area contributed by atoms with Crippen molar-refractivity contribution in [2.75, 3.05) is 25.6 Å². The number of nitrogens with one attached hydrogen (secondary N) is 2. The third-order valence-electron chi connectivity index (χ3n) is 5.63. The molecule has 2 aromatic rings. The number of rotatable bonds is 9. The Kier molecular flexibility index (Phi) is 8.86. The number of alkyl halides is 3. The number of hydrogen-bond donors (Lipinski definition) is 2. The van der Waals surface area contributed by atoms with Crippen molar-refractivity contribution in [1.29, 1.82) is 0 Å². The summed E-state index contributed by atoms with van der Waals surface area (Å²) in [7, 11) is 1.55. The van der Waals surface area contributed by atoms with E-state index in [1.54, 1.807) is 37.4 Å². The van der Waals surface area contributed by atoms with Gasteiger partial charge in [-0.1, -0.05) is 17.7 Å². The molecule has 1 amide bonds. The molecule has 0 aliphatic heterocycles. The highest BCUT2D eigenvalue weighted by Crippen LogP contribution is 2.37. The lowest BCUT2D eigenvalue weighted by molar-refractivity contribution is -0.182. The fourth-order valence-electron chi connectivity index (χ4n) is 3.76. The first-order valence-corrected chi connectivity index (χ1v) is 11.2. The van der Waals surface area contributed by atoms with Gasteiger partial charge < -0.3 is 20.1 Å². The SMILES string of the molecule is COCCOc1ccc(NCc2c[c]c(Cl)cc2)cc1C(=O)N[C@H]1CC[C@H](C(F)(F)F)CC1. The van der Waals surface area contributed by atoms with Crippen LogP contribution in [0.2, 0.25) is 5.02 Å². The van der Waals surface area contributed by atoms with Crippen LogP contribution < -0.4 is 15.4 Å². The molecule has 2 N–H and O–H groups in total. The van der Waals surface area contributed by atoms with Crippen molar-refractivity contribution >= 4 is 23.2 Å². The molecule has 0 atom stereocenters. The Morgan fingerprint density at radius 3 is 2.55 bits per heavy atom. The lowest BCUT2D eigenvalue weighted by atomic mass is 9.85. The van der Waals surface area contributed by atoms with Crippen LogP contribution in [0.5, 0.6) is 5.75 Å². The summed E-state index contributed by atoms with van der Waals surface area (Å²) in [6.45, 7) is 1.12. The quantitative estimate of drug-likeness (QED) is 0.454. The highest BCUT2D eigenvalue weighted by atomic mass is 35.5. The number of benzene rings is 2. The molecule has 1 fully saturated rings. The normalized spacial score (nSPS) is 18.6. The predicted octanol–water partition coefficient (Wildman–Crippen LogP) is 5.63. The van der Waals surface area contributed by atoms with E-state index < -0.39 is 12.1 Å². The fraction of sp³-hybridized carbons (Fsp3) is 0.458. The van der Waals surface area contributed by atoms with Gasteiger partial charge in [0.2, 0.25) is 0 Å². The molecule has 0 aromatic heterocycles. The summed E-state index contributed by atoms with van der Waals surface area (Å²) >= 11 is 5.87. The lowest BCUT2D eigenvalue weighted by Gasteiger charge is -2.30. The van der Waals surface area contributed by atoms with Crippen molar-refractivity contribution in [3.05, 3.63) is 58.6 Å². The van der Waals surface area contributed by atoms with Crippen LogP contribution in [-0.4, -0.2) is 38.4 Å². The predicted molar refractivity (Wildman–Crippen MR) is 121 cm³/mol. The molecule has 0 heterocycles. The summed E-state index contributed by atoms with van der Waals surface area (Å²) < 4.78 is 49.5. The number of ether oxygens (including phenoxy) is 2. The lowest BCUT2D eigenvalue weighted by Crippen LogP contribution is -2.40. The van der Waals surface area contributed by atoms with Gasteiger partial charge in [-0.3, -0.25) is 4.79 Å². The van der Waals surface area contributed by atoms with Crippen LogP contribution in [0.25, 0.3) is 0 Å². The molecule has 1 aliphatic rings. The largest absolute Gasteiger partial charge is 0.490 e. The third kappa shape index (κ3) is 7.54. The minimum absolute atomic E-state index is 0.0192. The summed E-state index contributed by atoms with van der Waals surface area (Å²) in [6, 6.07) is 13.2. The van der Waals surface area contributed by atoms with Crippen molar-refractivity contribution in [3.8, 4) is 5.75 Å². The molecule has 1 radical (unpaired) electrons. The Hall–Kier alpha value is -2.45. The molecule has 3 rings (SSSR count).